The summed E-state index contributed by atoms with van der Waals surface area (Å²) in [6.07, 6.45) is 1.89. The highest BCUT2D eigenvalue weighted by atomic mass is 16.6. The van der Waals surface area contributed by atoms with E-state index in [4.69, 9.17) is 9.47 Å². The fraction of sp³-hybridized carbons (Fsp3) is 0.846. The monoisotopic (exact) mass is 271 g/mol. The Morgan fingerprint density at radius 2 is 1.95 bits per heavy atom. The number of rotatable bonds is 3. The number of ether oxygens (including phenoxy) is 2. The van der Waals surface area contributed by atoms with Gasteiger partial charge in [-0.25, -0.2) is 4.79 Å². The lowest BCUT2D eigenvalue weighted by Gasteiger charge is -2.37. The van der Waals surface area contributed by atoms with Gasteiger partial charge in [-0.05, 0) is 31.6 Å². The van der Waals surface area contributed by atoms with Gasteiger partial charge in [0.2, 0.25) is 0 Å². The zero-order valence-corrected chi connectivity index (χ0v) is 11.2. The molecular formula is C13H21NO5. The second-order valence-electron chi connectivity index (χ2n) is 5.49. The van der Waals surface area contributed by atoms with Crippen molar-refractivity contribution in [3.8, 4) is 0 Å². The number of carboxylic acids is 1. The van der Waals surface area contributed by atoms with Crippen molar-refractivity contribution >= 4 is 11.9 Å². The van der Waals surface area contributed by atoms with E-state index in [0.29, 0.717) is 32.0 Å². The number of carbonyl (C=O) groups excluding carboxylic acids is 1. The standard InChI is InChI=1S/C13H21NO5/c1-9-2-4-13(5-3-9,12(16)17)14-11(15)10-8-18-6-7-19-10/h9-10H,2-8H2,1H3,(H,14,15)(H,16,17)/t9?,10-,13?/m0/s1. The minimum Gasteiger partial charge on any atom is -0.480 e. The fourth-order valence-corrected chi connectivity index (χ4v) is 2.60. The summed E-state index contributed by atoms with van der Waals surface area (Å²) in [4.78, 5) is 23.6. The van der Waals surface area contributed by atoms with Gasteiger partial charge in [-0.1, -0.05) is 6.92 Å². The predicted molar refractivity (Wildman–Crippen MR) is 66.7 cm³/mol. The molecule has 1 saturated carbocycles. The first-order chi connectivity index (χ1) is 9.03. The lowest BCUT2D eigenvalue weighted by Crippen LogP contribution is -2.59. The lowest BCUT2D eigenvalue weighted by molar-refractivity contribution is -0.158. The van der Waals surface area contributed by atoms with E-state index in [-0.39, 0.29) is 12.5 Å². The largest absolute Gasteiger partial charge is 0.480 e. The molecule has 1 aliphatic heterocycles. The van der Waals surface area contributed by atoms with Gasteiger partial charge in [0.05, 0.1) is 19.8 Å². The molecule has 1 amide bonds. The Kier molecular flexibility index (Phi) is 4.42. The lowest BCUT2D eigenvalue weighted by atomic mass is 9.77. The van der Waals surface area contributed by atoms with Gasteiger partial charge in [0, 0.05) is 0 Å². The summed E-state index contributed by atoms with van der Waals surface area (Å²) >= 11 is 0. The zero-order chi connectivity index (χ0) is 13.9. The molecule has 1 heterocycles. The molecule has 1 saturated heterocycles. The number of hydrogen-bond acceptors (Lipinski definition) is 4. The van der Waals surface area contributed by atoms with Crippen molar-refractivity contribution in [1.29, 1.82) is 0 Å². The Bertz CT molecular complexity index is 343. The van der Waals surface area contributed by atoms with Gasteiger partial charge < -0.3 is 19.9 Å². The molecule has 2 fully saturated rings. The van der Waals surface area contributed by atoms with Crippen molar-refractivity contribution in [3.63, 3.8) is 0 Å². The van der Waals surface area contributed by atoms with Crippen LogP contribution in [0, 0.1) is 5.92 Å². The van der Waals surface area contributed by atoms with Gasteiger partial charge in [0.15, 0.2) is 6.10 Å². The van der Waals surface area contributed by atoms with E-state index in [1.165, 1.54) is 0 Å². The highest BCUT2D eigenvalue weighted by Crippen LogP contribution is 2.32. The molecule has 0 aromatic heterocycles. The summed E-state index contributed by atoms with van der Waals surface area (Å²) in [5, 5.41) is 12.1. The van der Waals surface area contributed by atoms with Crippen molar-refractivity contribution < 1.29 is 24.2 Å². The normalized spacial score (nSPS) is 35.6. The van der Waals surface area contributed by atoms with Gasteiger partial charge in [0.1, 0.15) is 5.54 Å². The van der Waals surface area contributed by atoms with Crippen LogP contribution in [0.3, 0.4) is 0 Å². The van der Waals surface area contributed by atoms with Crippen LogP contribution in [0.4, 0.5) is 0 Å². The third-order valence-electron chi connectivity index (χ3n) is 4.01. The van der Waals surface area contributed by atoms with Crippen LogP contribution in [-0.4, -0.2) is 48.4 Å². The maximum Gasteiger partial charge on any atom is 0.329 e. The summed E-state index contributed by atoms with van der Waals surface area (Å²) in [6, 6.07) is 0. The van der Waals surface area contributed by atoms with Gasteiger partial charge in [0.25, 0.3) is 5.91 Å². The summed E-state index contributed by atoms with van der Waals surface area (Å²) < 4.78 is 10.5. The van der Waals surface area contributed by atoms with E-state index < -0.39 is 17.6 Å². The Balaban J connectivity index is 2.00. The summed E-state index contributed by atoms with van der Waals surface area (Å²) in [6.45, 7) is 3.14. The maximum absolute atomic E-state index is 12.1. The molecule has 0 spiro atoms. The van der Waals surface area contributed by atoms with Crippen molar-refractivity contribution in [2.75, 3.05) is 19.8 Å². The van der Waals surface area contributed by atoms with Crippen LogP contribution in [0.2, 0.25) is 0 Å². The van der Waals surface area contributed by atoms with Crippen LogP contribution >= 0.6 is 0 Å². The van der Waals surface area contributed by atoms with E-state index in [9.17, 15) is 14.7 Å². The molecule has 6 nitrogen and oxygen atoms in total. The molecule has 1 atom stereocenters. The van der Waals surface area contributed by atoms with E-state index in [1.807, 2.05) is 0 Å². The van der Waals surface area contributed by atoms with Gasteiger partial charge in [-0.15, -0.1) is 0 Å². The Labute approximate surface area is 112 Å². The van der Waals surface area contributed by atoms with Crippen LogP contribution in [0.1, 0.15) is 32.6 Å². The van der Waals surface area contributed by atoms with Crippen LogP contribution < -0.4 is 5.32 Å². The summed E-state index contributed by atoms with van der Waals surface area (Å²) in [5.41, 5.74) is -1.13. The molecule has 2 aliphatic rings. The predicted octanol–water partition coefficient (Wildman–Crippen LogP) is 0.551. The number of carboxylic acid groups (broad SMARTS) is 1. The van der Waals surface area contributed by atoms with Crippen molar-refractivity contribution in [3.05, 3.63) is 0 Å². The van der Waals surface area contributed by atoms with Crippen molar-refractivity contribution in [2.24, 2.45) is 5.92 Å². The molecule has 0 aromatic rings. The van der Waals surface area contributed by atoms with Gasteiger partial charge in [-0.2, -0.15) is 0 Å². The average molecular weight is 271 g/mol. The summed E-state index contributed by atoms with van der Waals surface area (Å²) in [7, 11) is 0. The SMILES string of the molecule is CC1CCC(NC(=O)[C@@H]2COCCO2)(C(=O)O)CC1. The molecule has 6 heteroatoms. The zero-order valence-electron chi connectivity index (χ0n) is 11.2. The molecule has 2 N–H and O–H groups in total. The van der Waals surface area contributed by atoms with Crippen LogP contribution in [0.15, 0.2) is 0 Å². The molecule has 0 radical (unpaired) electrons. The third-order valence-corrected chi connectivity index (χ3v) is 4.01. The molecule has 1 aliphatic carbocycles. The number of carbonyl (C=O) groups is 2. The first-order valence-corrected chi connectivity index (χ1v) is 6.78. The van der Waals surface area contributed by atoms with Crippen LogP contribution in [0.5, 0.6) is 0 Å². The minimum atomic E-state index is -1.13. The minimum absolute atomic E-state index is 0.192. The summed E-state index contributed by atoms with van der Waals surface area (Å²) in [5.74, 6) is -0.820. The van der Waals surface area contributed by atoms with Gasteiger partial charge in [-0.3, -0.25) is 4.79 Å². The number of nitrogens with one attached hydrogen (secondary N) is 1. The van der Waals surface area contributed by atoms with Crippen LogP contribution in [0.25, 0.3) is 0 Å². The average Bonchev–Trinajstić information content (AvgIpc) is 2.42. The third kappa shape index (κ3) is 3.25. The van der Waals surface area contributed by atoms with Crippen molar-refractivity contribution in [2.45, 2.75) is 44.2 Å². The molecule has 0 unspecified atom stereocenters. The Morgan fingerprint density at radius 3 is 2.47 bits per heavy atom. The molecule has 108 valence electrons. The number of hydrogen-bond donors (Lipinski definition) is 2. The molecular weight excluding hydrogens is 250 g/mol. The van der Waals surface area contributed by atoms with E-state index in [0.717, 1.165) is 12.8 Å². The maximum atomic E-state index is 12.1. The van der Waals surface area contributed by atoms with Crippen LogP contribution in [-0.2, 0) is 19.1 Å². The fourth-order valence-electron chi connectivity index (χ4n) is 2.60. The molecule has 0 aromatic carbocycles. The van der Waals surface area contributed by atoms with E-state index >= 15 is 0 Å². The van der Waals surface area contributed by atoms with E-state index in [2.05, 4.69) is 12.2 Å². The highest BCUT2D eigenvalue weighted by Gasteiger charge is 2.43. The molecule has 2 rings (SSSR count). The van der Waals surface area contributed by atoms with Crippen molar-refractivity contribution in [1.82, 2.24) is 5.32 Å². The number of aliphatic carboxylic acids is 1. The second kappa shape index (κ2) is 5.88. The van der Waals surface area contributed by atoms with Gasteiger partial charge >= 0.3 is 5.97 Å². The Morgan fingerprint density at radius 1 is 1.26 bits per heavy atom. The first-order valence-electron chi connectivity index (χ1n) is 6.78. The second-order valence-corrected chi connectivity index (χ2v) is 5.49. The van der Waals surface area contributed by atoms with E-state index in [1.54, 1.807) is 0 Å². The quantitative estimate of drug-likeness (QED) is 0.783. The topological polar surface area (TPSA) is 84.9 Å². The Hall–Kier alpha value is -1.14. The highest BCUT2D eigenvalue weighted by molar-refractivity contribution is 5.89. The molecule has 0 bridgehead atoms. The smallest absolute Gasteiger partial charge is 0.329 e. The molecule has 19 heavy (non-hydrogen) atoms. The first kappa shape index (κ1) is 14.3. The number of amides is 1.